The van der Waals surface area contributed by atoms with E-state index in [1.165, 1.54) is 0 Å². The van der Waals surface area contributed by atoms with Crippen molar-refractivity contribution in [1.82, 2.24) is 19.9 Å². The van der Waals surface area contributed by atoms with Gasteiger partial charge in [0.05, 0.1) is 21.3 Å². The van der Waals surface area contributed by atoms with Crippen LogP contribution in [-0.4, -0.2) is 60.0 Å². The number of aromatic nitrogens is 3. The Hall–Kier alpha value is -4.31. The van der Waals surface area contributed by atoms with Gasteiger partial charge in [-0.05, 0) is 30.7 Å². The highest BCUT2D eigenvalue weighted by Gasteiger charge is 2.15. The lowest BCUT2D eigenvalue weighted by Gasteiger charge is -2.14. The molecule has 2 aromatic heterocycles. The molecule has 2 heterocycles. The lowest BCUT2D eigenvalue weighted by Crippen LogP contribution is -2.25. The van der Waals surface area contributed by atoms with Gasteiger partial charge in [0.25, 0.3) is 5.91 Å². The smallest absolute Gasteiger partial charge is 0.251 e. The van der Waals surface area contributed by atoms with Gasteiger partial charge in [-0.3, -0.25) is 4.79 Å². The normalized spacial score (nSPS) is 10.7. The first-order valence-corrected chi connectivity index (χ1v) is 11.0. The Labute approximate surface area is 202 Å². The number of anilines is 2. The third kappa shape index (κ3) is 5.12. The average molecular weight is 478 g/mol. The Morgan fingerprint density at radius 3 is 2.51 bits per heavy atom. The van der Waals surface area contributed by atoms with Crippen LogP contribution in [0.3, 0.4) is 0 Å². The molecule has 182 valence electrons. The first-order chi connectivity index (χ1) is 17.1. The molecule has 0 bridgehead atoms. The third-order valence-electron chi connectivity index (χ3n) is 5.36. The number of carbonyl (C=O) groups excluding carboxylic acids is 1. The lowest BCUT2D eigenvalue weighted by atomic mass is 10.2. The van der Waals surface area contributed by atoms with Crippen LogP contribution in [0.2, 0.25) is 0 Å². The summed E-state index contributed by atoms with van der Waals surface area (Å²) in [5.41, 5.74) is 2.64. The number of fused-ring (bicyclic) bond motifs is 1. The number of hydrogen-bond donors (Lipinski definition) is 3. The number of nitrogens with one attached hydrogen (secondary N) is 2. The molecular formula is C25H27N5O5. The molecule has 0 fully saturated rings. The number of aliphatic hydroxyl groups is 1. The largest absolute Gasteiger partial charge is 0.493 e. The Morgan fingerprint density at radius 1 is 1.06 bits per heavy atom. The van der Waals surface area contributed by atoms with Gasteiger partial charge in [0.2, 0.25) is 11.7 Å². The van der Waals surface area contributed by atoms with E-state index in [0.29, 0.717) is 53.1 Å². The van der Waals surface area contributed by atoms with Crippen molar-refractivity contribution in [3.8, 4) is 22.9 Å². The maximum absolute atomic E-state index is 12.4. The number of rotatable bonds is 10. The maximum atomic E-state index is 12.4. The molecule has 10 nitrogen and oxygen atoms in total. The van der Waals surface area contributed by atoms with E-state index in [9.17, 15) is 4.79 Å². The lowest BCUT2D eigenvalue weighted by molar-refractivity contribution is 0.0951. The molecule has 3 N–H and O–H groups in total. The molecule has 0 atom stereocenters. The molecule has 4 aromatic rings. The highest BCUT2D eigenvalue weighted by atomic mass is 16.5. The van der Waals surface area contributed by atoms with Crippen LogP contribution in [0.15, 0.2) is 54.9 Å². The van der Waals surface area contributed by atoms with E-state index in [-0.39, 0.29) is 12.5 Å². The summed E-state index contributed by atoms with van der Waals surface area (Å²) >= 11 is 0. The average Bonchev–Trinajstić information content (AvgIpc) is 3.31. The van der Waals surface area contributed by atoms with Gasteiger partial charge in [-0.15, -0.1) is 0 Å². The van der Waals surface area contributed by atoms with Crippen molar-refractivity contribution >= 4 is 28.6 Å². The number of benzene rings is 2. The van der Waals surface area contributed by atoms with Gasteiger partial charge in [0.15, 0.2) is 11.5 Å². The van der Waals surface area contributed by atoms with Gasteiger partial charge in [-0.2, -0.15) is 4.98 Å². The zero-order chi connectivity index (χ0) is 24.8. The summed E-state index contributed by atoms with van der Waals surface area (Å²) in [6, 6.07) is 12.7. The Kier molecular flexibility index (Phi) is 7.32. The van der Waals surface area contributed by atoms with Gasteiger partial charge < -0.3 is 34.5 Å². The quantitative estimate of drug-likeness (QED) is 0.298. The predicted molar refractivity (Wildman–Crippen MR) is 132 cm³/mol. The van der Waals surface area contributed by atoms with E-state index >= 15 is 0 Å². The molecule has 35 heavy (non-hydrogen) atoms. The summed E-state index contributed by atoms with van der Waals surface area (Å²) in [6.07, 6.45) is 4.11. The van der Waals surface area contributed by atoms with Gasteiger partial charge in [-0.25, -0.2) is 4.98 Å². The van der Waals surface area contributed by atoms with Crippen molar-refractivity contribution < 1.29 is 24.1 Å². The third-order valence-corrected chi connectivity index (χ3v) is 5.36. The summed E-state index contributed by atoms with van der Waals surface area (Å²) in [4.78, 5) is 21.6. The van der Waals surface area contributed by atoms with Gasteiger partial charge in [0.1, 0.15) is 5.65 Å². The molecule has 0 radical (unpaired) electrons. The number of nitrogens with zero attached hydrogens (tertiary/aromatic N) is 3. The molecule has 0 aliphatic carbocycles. The predicted octanol–water partition coefficient (Wildman–Crippen LogP) is 3.30. The highest BCUT2D eigenvalue weighted by Crippen LogP contribution is 2.40. The van der Waals surface area contributed by atoms with E-state index < -0.39 is 0 Å². The summed E-state index contributed by atoms with van der Waals surface area (Å²) in [7, 11) is 4.65. The second-order valence-electron chi connectivity index (χ2n) is 7.58. The minimum Gasteiger partial charge on any atom is -0.493 e. The zero-order valence-corrected chi connectivity index (χ0v) is 19.7. The van der Waals surface area contributed by atoms with E-state index in [1.54, 1.807) is 51.8 Å². The summed E-state index contributed by atoms with van der Waals surface area (Å²) in [6.45, 7) is 0.442. The summed E-state index contributed by atoms with van der Waals surface area (Å²) in [5, 5.41) is 15.8. The molecule has 4 rings (SSSR count). The minimum atomic E-state index is -0.198. The number of ether oxygens (including phenoxy) is 3. The Balaban J connectivity index is 1.64. The van der Waals surface area contributed by atoms with E-state index in [1.807, 2.05) is 29.0 Å². The second-order valence-corrected chi connectivity index (χ2v) is 7.58. The molecule has 0 unspecified atom stereocenters. The SMILES string of the molecule is COc1cc(Nc2ncc3ccn(-c4cccc(C(=O)NCCCO)c4)c3n2)cc(OC)c1OC. The molecule has 0 spiro atoms. The fraction of sp³-hybridized carbons (Fsp3) is 0.240. The standard InChI is InChI=1S/C25H27N5O5/c1-33-20-13-18(14-21(34-2)22(20)35-3)28-25-27-15-17-8-10-30(23(17)29-25)19-7-4-6-16(12-19)24(32)26-9-5-11-31/h4,6-8,10,12-15,31H,5,9,11H2,1-3H3,(H,26,32)(H,27,28,29). The van der Waals surface area contributed by atoms with Crippen molar-refractivity contribution in [1.29, 1.82) is 0 Å². The van der Waals surface area contributed by atoms with E-state index in [2.05, 4.69) is 15.6 Å². The van der Waals surface area contributed by atoms with E-state index in [0.717, 1.165) is 11.1 Å². The number of amides is 1. The van der Waals surface area contributed by atoms with Crippen LogP contribution in [0.1, 0.15) is 16.8 Å². The number of aliphatic hydroxyl groups excluding tert-OH is 1. The Morgan fingerprint density at radius 2 is 1.83 bits per heavy atom. The second kappa shape index (κ2) is 10.7. The first-order valence-electron chi connectivity index (χ1n) is 11.0. The Bertz CT molecular complexity index is 1310. The zero-order valence-electron chi connectivity index (χ0n) is 19.7. The number of methoxy groups -OCH3 is 3. The van der Waals surface area contributed by atoms with Gasteiger partial charge in [-0.1, -0.05) is 6.07 Å². The fourth-order valence-electron chi connectivity index (χ4n) is 3.65. The number of carbonyl (C=O) groups is 1. The van der Waals surface area contributed by atoms with Crippen LogP contribution >= 0.6 is 0 Å². The maximum Gasteiger partial charge on any atom is 0.251 e. The van der Waals surface area contributed by atoms with Crippen LogP contribution in [0.4, 0.5) is 11.6 Å². The molecule has 0 saturated heterocycles. The molecule has 2 aromatic carbocycles. The van der Waals surface area contributed by atoms with Crippen molar-refractivity contribution in [3.63, 3.8) is 0 Å². The summed E-state index contributed by atoms with van der Waals surface area (Å²) in [5.74, 6) is 1.69. The first kappa shape index (κ1) is 23.8. The van der Waals surface area contributed by atoms with Gasteiger partial charge >= 0.3 is 0 Å². The highest BCUT2D eigenvalue weighted by molar-refractivity contribution is 5.95. The van der Waals surface area contributed by atoms with Crippen LogP contribution in [-0.2, 0) is 0 Å². The van der Waals surface area contributed by atoms with Gasteiger partial charge in [0, 0.05) is 60.0 Å². The molecule has 1 amide bonds. The van der Waals surface area contributed by atoms with Crippen LogP contribution in [0, 0.1) is 0 Å². The van der Waals surface area contributed by atoms with Crippen molar-refractivity contribution in [2.45, 2.75) is 6.42 Å². The molecule has 0 aliphatic rings. The van der Waals surface area contributed by atoms with E-state index in [4.69, 9.17) is 24.3 Å². The van der Waals surface area contributed by atoms with Crippen LogP contribution in [0.25, 0.3) is 16.7 Å². The van der Waals surface area contributed by atoms with Crippen molar-refractivity contribution in [2.24, 2.45) is 0 Å². The fourth-order valence-corrected chi connectivity index (χ4v) is 3.65. The molecule has 0 aliphatic heterocycles. The van der Waals surface area contributed by atoms with Crippen LogP contribution < -0.4 is 24.8 Å². The minimum absolute atomic E-state index is 0.0296. The molecular weight excluding hydrogens is 450 g/mol. The van der Waals surface area contributed by atoms with Crippen molar-refractivity contribution in [3.05, 3.63) is 60.4 Å². The van der Waals surface area contributed by atoms with Crippen LogP contribution in [0.5, 0.6) is 17.2 Å². The monoisotopic (exact) mass is 477 g/mol. The molecule has 0 saturated carbocycles. The van der Waals surface area contributed by atoms with Crippen molar-refractivity contribution in [2.75, 3.05) is 39.8 Å². The summed E-state index contributed by atoms with van der Waals surface area (Å²) < 4.78 is 18.1. The number of hydrogen-bond acceptors (Lipinski definition) is 8. The molecule has 10 heteroatoms. The topological polar surface area (TPSA) is 120 Å².